The van der Waals surface area contributed by atoms with Crippen LogP contribution in [0.5, 0.6) is 0 Å². The second-order valence-corrected chi connectivity index (χ2v) is 5.77. The van der Waals surface area contributed by atoms with Gasteiger partial charge in [0.15, 0.2) is 6.10 Å². The van der Waals surface area contributed by atoms with Crippen LogP contribution in [0.25, 0.3) is 10.8 Å². The lowest BCUT2D eigenvalue weighted by molar-refractivity contribution is -0.125. The molecule has 4 rings (SSSR count). The zero-order valence-electron chi connectivity index (χ0n) is 12.9. The smallest absolute Gasteiger partial charge is 0.339 e. The van der Waals surface area contributed by atoms with Crippen molar-refractivity contribution in [3.63, 3.8) is 0 Å². The topological polar surface area (TPSA) is 55.4 Å². The molecule has 0 aliphatic carbocycles. The molecule has 1 amide bonds. The van der Waals surface area contributed by atoms with Crippen LogP contribution in [0.4, 0.5) is 5.69 Å². The first-order valence-corrected chi connectivity index (χ1v) is 7.80. The highest BCUT2D eigenvalue weighted by molar-refractivity contribution is 6.05. The van der Waals surface area contributed by atoms with Crippen molar-refractivity contribution in [2.75, 3.05) is 5.32 Å². The molecule has 0 saturated carbocycles. The number of hydrogen-bond donors (Lipinski definition) is 1. The van der Waals surface area contributed by atoms with Gasteiger partial charge in [0.2, 0.25) is 0 Å². The van der Waals surface area contributed by atoms with Crippen molar-refractivity contribution in [2.45, 2.75) is 12.5 Å². The molecular formula is C20H15NO3. The number of anilines is 1. The molecule has 3 aromatic rings. The van der Waals surface area contributed by atoms with E-state index in [0.717, 1.165) is 16.3 Å². The van der Waals surface area contributed by atoms with Crippen molar-refractivity contribution in [3.8, 4) is 0 Å². The van der Waals surface area contributed by atoms with Crippen LogP contribution >= 0.6 is 0 Å². The largest absolute Gasteiger partial charge is 0.448 e. The summed E-state index contributed by atoms with van der Waals surface area (Å²) in [7, 11) is 0. The molecule has 0 fully saturated rings. The summed E-state index contributed by atoms with van der Waals surface area (Å²) in [5, 5.41) is 4.89. The molecule has 4 nitrogen and oxygen atoms in total. The van der Waals surface area contributed by atoms with E-state index < -0.39 is 12.1 Å². The first-order chi connectivity index (χ1) is 11.7. The number of nitrogens with one attached hydrogen (secondary N) is 1. The van der Waals surface area contributed by atoms with Crippen molar-refractivity contribution in [1.29, 1.82) is 0 Å². The van der Waals surface area contributed by atoms with E-state index in [1.54, 1.807) is 12.1 Å². The van der Waals surface area contributed by atoms with Crippen LogP contribution in [0.15, 0.2) is 66.7 Å². The summed E-state index contributed by atoms with van der Waals surface area (Å²) in [6.07, 6.45) is -0.426. The Bertz CT molecular complexity index is 943. The minimum Gasteiger partial charge on any atom is -0.448 e. The minimum atomic E-state index is -0.814. The van der Waals surface area contributed by atoms with Crippen LogP contribution in [-0.4, -0.2) is 18.0 Å². The molecule has 1 aliphatic heterocycles. The Morgan fingerprint density at radius 3 is 2.62 bits per heavy atom. The quantitative estimate of drug-likeness (QED) is 0.735. The van der Waals surface area contributed by atoms with E-state index in [1.165, 1.54) is 0 Å². The third-order valence-electron chi connectivity index (χ3n) is 4.23. The fourth-order valence-corrected chi connectivity index (χ4v) is 3.03. The number of fused-ring (bicyclic) bond motifs is 2. The summed E-state index contributed by atoms with van der Waals surface area (Å²) in [4.78, 5) is 24.6. The number of ether oxygens (including phenoxy) is 1. The number of carbonyl (C=O) groups is 2. The molecule has 1 N–H and O–H groups in total. The second-order valence-electron chi connectivity index (χ2n) is 5.77. The molecule has 0 bridgehead atoms. The number of rotatable bonds is 2. The Morgan fingerprint density at radius 2 is 1.71 bits per heavy atom. The van der Waals surface area contributed by atoms with E-state index in [4.69, 9.17) is 4.74 Å². The lowest BCUT2D eigenvalue weighted by Gasteiger charge is -2.24. The third-order valence-corrected chi connectivity index (χ3v) is 4.23. The van der Waals surface area contributed by atoms with Gasteiger partial charge < -0.3 is 10.1 Å². The van der Waals surface area contributed by atoms with Crippen molar-refractivity contribution in [3.05, 3.63) is 77.9 Å². The number of benzene rings is 3. The highest BCUT2D eigenvalue weighted by Gasteiger charge is 2.31. The average molecular weight is 317 g/mol. The molecule has 118 valence electrons. The maximum atomic E-state index is 12.6. The van der Waals surface area contributed by atoms with Gasteiger partial charge in [-0.15, -0.1) is 0 Å². The highest BCUT2D eigenvalue weighted by atomic mass is 16.5. The van der Waals surface area contributed by atoms with E-state index in [-0.39, 0.29) is 5.91 Å². The summed E-state index contributed by atoms with van der Waals surface area (Å²) < 4.78 is 5.31. The van der Waals surface area contributed by atoms with Gasteiger partial charge in [0, 0.05) is 17.5 Å². The van der Waals surface area contributed by atoms with Gasteiger partial charge in [0.1, 0.15) is 0 Å². The first-order valence-electron chi connectivity index (χ1n) is 7.80. The van der Waals surface area contributed by atoms with Gasteiger partial charge in [-0.05, 0) is 23.1 Å². The fourth-order valence-electron chi connectivity index (χ4n) is 3.03. The lowest BCUT2D eigenvalue weighted by atomic mass is 9.98. The van der Waals surface area contributed by atoms with Gasteiger partial charge in [0.25, 0.3) is 5.91 Å². The number of esters is 1. The lowest BCUT2D eigenvalue weighted by Crippen LogP contribution is -2.38. The Kier molecular flexibility index (Phi) is 3.50. The van der Waals surface area contributed by atoms with E-state index in [2.05, 4.69) is 5.32 Å². The van der Waals surface area contributed by atoms with Crippen LogP contribution in [0, 0.1) is 0 Å². The van der Waals surface area contributed by atoms with E-state index >= 15 is 0 Å². The molecule has 1 atom stereocenters. The fraction of sp³-hybridized carbons (Fsp3) is 0.100. The minimum absolute atomic E-state index is 0.311. The van der Waals surface area contributed by atoms with Crippen LogP contribution in [-0.2, 0) is 16.0 Å². The Balaban J connectivity index is 1.60. The molecule has 24 heavy (non-hydrogen) atoms. The predicted molar refractivity (Wildman–Crippen MR) is 91.9 cm³/mol. The molecule has 1 heterocycles. The molecular weight excluding hydrogens is 302 g/mol. The monoisotopic (exact) mass is 317 g/mol. The molecule has 0 saturated heterocycles. The standard InChI is InChI=1S/C20H15NO3/c22-19(18-12-14-7-2-4-10-16(14)20(23)24-18)21-17-11-5-8-13-6-1-3-9-15(13)17/h1-11,18H,12H2,(H,21,22)/t18-/m1/s1. The summed E-state index contributed by atoms with van der Waals surface area (Å²) in [5.41, 5.74) is 2.09. The third kappa shape index (κ3) is 2.52. The molecule has 0 aromatic heterocycles. The van der Waals surface area contributed by atoms with Crippen molar-refractivity contribution >= 4 is 28.3 Å². The van der Waals surface area contributed by atoms with Crippen molar-refractivity contribution in [1.82, 2.24) is 0 Å². The van der Waals surface area contributed by atoms with E-state index in [1.807, 2.05) is 54.6 Å². The zero-order chi connectivity index (χ0) is 16.5. The Labute approximate surface area is 139 Å². The predicted octanol–water partition coefficient (Wildman–Crippen LogP) is 3.56. The Hall–Kier alpha value is -3.14. The van der Waals surface area contributed by atoms with Gasteiger partial charge in [-0.3, -0.25) is 4.79 Å². The summed E-state index contributed by atoms with van der Waals surface area (Å²) in [5.74, 6) is -0.760. The average Bonchev–Trinajstić information content (AvgIpc) is 2.62. The molecule has 1 aliphatic rings. The molecule has 0 radical (unpaired) electrons. The second kappa shape index (κ2) is 5.81. The normalized spacial score (nSPS) is 16.3. The van der Waals surface area contributed by atoms with Gasteiger partial charge in [-0.2, -0.15) is 0 Å². The van der Waals surface area contributed by atoms with Gasteiger partial charge in [-0.25, -0.2) is 4.79 Å². The molecule has 0 spiro atoms. The van der Waals surface area contributed by atoms with Gasteiger partial charge >= 0.3 is 5.97 Å². The SMILES string of the molecule is O=C1O[C@@H](C(=O)Nc2cccc3ccccc23)Cc2ccccc21. The number of hydrogen-bond acceptors (Lipinski definition) is 3. The first kappa shape index (κ1) is 14.5. The maximum Gasteiger partial charge on any atom is 0.339 e. The van der Waals surface area contributed by atoms with Crippen molar-refractivity contribution < 1.29 is 14.3 Å². The molecule has 4 heteroatoms. The maximum absolute atomic E-state index is 12.6. The number of cyclic esters (lactones) is 1. The highest BCUT2D eigenvalue weighted by Crippen LogP contribution is 2.25. The molecule has 3 aromatic carbocycles. The molecule has 0 unspecified atom stereocenters. The number of carbonyl (C=O) groups excluding carboxylic acids is 2. The Morgan fingerprint density at radius 1 is 0.958 bits per heavy atom. The summed E-state index contributed by atoms with van der Waals surface area (Å²) in [6.45, 7) is 0. The van der Waals surface area contributed by atoms with Crippen LogP contribution in [0.2, 0.25) is 0 Å². The van der Waals surface area contributed by atoms with Gasteiger partial charge in [0.05, 0.1) is 5.56 Å². The summed E-state index contributed by atoms with van der Waals surface area (Å²) in [6, 6.07) is 20.8. The van der Waals surface area contributed by atoms with Crippen LogP contribution < -0.4 is 5.32 Å². The van der Waals surface area contributed by atoms with E-state index in [0.29, 0.717) is 17.7 Å². The number of amides is 1. The van der Waals surface area contributed by atoms with Crippen LogP contribution in [0.3, 0.4) is 0 Å². The summed E-state index contributed by atoms with van der Waals surface area (Å²) >= 11 is 0. The van der Waals surface area contributed by atoms with E-state index in [9.17, 15) is 9.59 Å². The van der Waals surface area contributed by atoms with Gasteiger partial charge in [-0.1, -0.05) is 54.6 Å². The van der Waals surface area contributed by atoms with Crippen LogP contribution in [0.1, 0.15) is 15.9 Å². The zero-order valence-corrected chi connectivity index (χ0v) is 12.9. The van der Waals surface area contributed by atoms with Crippen molar-refractivity contribution in [2.24, 2.45) is 0 Å².